The molecule has 9 heteroatoms. The summed E-state index contributed by atoms with van der Waals surface area (Å²) in [7, 11) is 1.76. The molecule has 1 aliphatic heterocycles. The zero-order chi connectivity index (χ0) is 20.5. The number of likely N-dealkylation sites (tertiary alicyclic amines) is 1. The maximum absolute atomic E-state index is 12.6. The van der Waals surface area contributed by atoms with Crippen molar-refractivity contribution in [3.05, 3.63) is 47.5 Å². The van der Waals surface area contributed by atoms with E-state index in [1.54, 1.807) is 13.4 Å². The molecule has 164 valence electrons. The second-order valence-electron chi connectivity index (χ2n) is 7.20. The van der Waals surface area contributed by atoms with Crippen LogP contribution in [0, 0.1) is 0 Å². The lowest BCUT2D eigenvalue weighted by atomic mass is 10.1. The van der Waals surface area contributed by atoms with Gasteiger partial charge in [0.1, 0.15) is 12.2 Å². The Balaban J connectivity index is 0.00000320. The van der Waals surface area contributed by atoms with E-state index in [0.717, 1.165) is 68.4 Å². The van der Waals surface area contributed by atoms with Gasteiger partial charge in [-0.15, -0.1) is 34.2 Å². The number of piperidine rings is 1. The van der Waals surface area contributed by atoms with Gasteiger partial charge in [0.05, 0.1) is 0 Å². The Morgan fingerprint density at radius 3 is 2.53 bits per heavy atom. The fourth-order valence-corrected chi connectivity index (χ4v) is 3.49. The number of carbonyl (C=O) groups is 1. The second-order valence-corrected chi connectivity index (χ2v) is 7.20. The molecule has 30 heavy (non-hydrogen) atoms. The van der Waals surface area contributed by atoms with Crippen LogP contribution in [0.15, 0.2) is 35.6 Å². The molecule has 3 rings (SSSR count). The lowest BCUT2D eigenvalue weighted by Gasteiger charge is -2.26. The highest BCUT2D eigenvalue weighted by Gasteiger charge is 2.17. The van der Waals surface area contributed by atoms with E-state index in [2.05, 4.69) is 32.7 Å². The van der Waals surface area contributed by atoms with Crippen molar-refractivity contribution >= 4 is 35.8 Å². The van der Waals surface area contributed by atoms with Crippen molar-refractivity contribution in [3.63, 3.8) is 0 Å². The van der Waals surface area contributed by atoms with Gasteiger partial charge in [0.2, 0.25) is 0 Å². The molecule has 8 nitrogen and oxygen atoms in total. The molecule has 1 aromatic carbocycles. The Morgan fingerprint density at radius 1 is 1.13 bits per heavy atom. The maximum Gasteiger partial charge on any atom is 0.253 e. The topological polar surface area (TPSA) is 87.4 Å². The van der Waals surface area contributed by atoms with E-state index in [-0.39, 0.29) is 29.9 Å². The molecule has 1 saturated heterocycles. The van der Waals surface area contributed by atoms with Crippen LogP contribution in [0.25, 0.3) is 0 Å². The number of nitrogens with one attached hydrogen (secondary N) is 2. The van der Waals surface area contributed by atoms with Crippen LogP contribution in [0.2, 0.25) is 0 Å². The molecule has 1 fully saturated rings. The average molecular weight is 525 g/mol. The molecule has 2 aromatic rings. The van der Waals surface area contributed by atoms with Crippen molar-refractivity contribution in [1.29, 1.82) is 0 Å². The van der Waals surface area contributed by atoms with Gasteiger partial charge in [0.15, 0.2) is 5.96 Å². The van der Waals surface area contributed by atoms with E-state index in [9.17, 15) is 4.79 Å². The van der Waals surface area contributed by atoms with Crippen LogP contribution < -0.4 is 10.6 Å². The fourth-order valence-electron chi connectivity index (χ4n) is 3.49. The zero-order valence-corrected chi connectivity index (χ0v) is 20.1. The maximum atomic E-state index is 12.6. The first-order chi connectivity index (χ1) is 14.2. The van der Waals surface area contributed by atoms with Crippen LogP contribution in [0.5, 0.6) is 0 Å². The quantitative estimate of drug-likeness (QED) is 0.330. The Morgan fingerprint density at radius 2 is 1.87 bits per heavy atom. The summed E-state index contributed by atoms with van der Waals surface area (Å²) in [4.78, 5) is 18.8. The van der Waals surface area contributed by atoms with Crippen LogP contribution in [0.4, 0.5) is 0 Å². The molecule has 2 heterocycles. The number of aromatic nitrogens is 3. The summed E-state index contributed by atoms with van der Waals surface area (Å²) in [6, 6.07) is 7.84. The highest BCUT2D eigenvalue weighted by atomic mass is 127. The lowest BCUT2D eigenvalue weighted by molar-refractivity contribution is 0.0724. The number of rotatable bonds is 7. The third kappa shape index (κ3) is 6.68. The number of guanidine groups is 1. The summed E-state index contributed by atoms with van der Waals surface area (Å²) in [6.07, 6.45) is 6.06. The normalized spacial score (nSPS) is 14.2. The van der Waals surface area contributed by atoms with E-state index in [4.69, 9.17) is 0 Å². The van der Waals surface area contributed by atoms with Gasteiger partial charge in [-0.3, -0.25) is 9.79 Å². The number of benzene rings is 1. The van der Waals surface area contributed by atoms with Gasteiger partial charge in [-0.25, -0.2) is 0 Å². The van der Waals surface area contributed by atoms with Crippen LogP contribution >= 0.6 is 24.0 Å². The van der Waals surface area contributed by atoms with E-state index in [1.165, 1.54) is 6.42 Å². The summed E-state index contributed by atoms with van der Waals surface area (Å²) in [6.45, 7) is 5.97. The number of hydrogen-bond donors (Lipinski definition) is 2. The van der Waals surface area contributed by atoms with E-state index >= 15 is 0 Å². The first-order valence-electron chi connectivity index (χ1n) is 10.4. The molecule has 0 atom stereocenters. The number of nitrogens with zero attached hydrogens (tertiary/aromatic N) is 5. The molecule has 1 aliphatic rings. The smallest absolute Gasteiger partial charge is 0.253 e. The third-order valence-corrected chi connectivity index (χ3v) is 5.18. The Labute approximate surface area is 195 Å². The van der Waals surface area contributed by atoms with Gasteiger partial charge >= 0.3 is 0 Å². The number of aliphatic imine (C=N–C) groups is 1. The molecule has 0 bridgehead atoms. The number of carbonyl (C=O) groups excluding carboxylic acids is 1. The van der Waals surface area contributed by atoms with Crippen molar-refractivity contribution in [1.82, 2.24) is 30.3 Å². The lowest BCUT2D eigenvalue weighted by Crippen LogP contribution is -2.38. The number of hydrogen-bond acceptors (Lipinski definition) is 4. The molecule has 0 radical (unpaired) electrons. The molecule has 1 aromatic heterocycles. The first kappa shape index (κ1) is 24.1. The first-order valence-corrected chi connectivity index (χ1v) is 10.4. The molecule has 0 saturated carbocycles. The molecule has 0 unspecified atom stereocenters. The minimum Gasteiger partial charge on any atom is -0.355 e. The van der Waals surface area contributed by atoms with Gasteiger partial charge in [0, 0.05) is 51.8 Å². The van der Waals surface area contributed by atoms with Gasteiger partial charge in [-0.2, -0.15) is 0 Å². The van der Waals surface area contributed by atoms with E-state index < -0.39 is 0 Å². The predicted molar refractivity (Wildman–Crippen MR) is 129 cm³/mol. The van der Waals surface area contributed by atoms with E-state index in [1.807, 2.05) is 33.7 Å². The molecule has 0 aliphatic carbocycles. The summed E-state index contributed by atoms with van der Waals surface area (Å²) in [5.41, 5.74) is 1.87. The number of halogens is 1. The SMILES string of the molecule is CCc1nncn1CCNC(=NC)NCc1ccc(C(=O)N2CCCCC2)cc1.I. The van der Waals surface area contributed by atoms with Crippen molar-refractivity contribution in [2.45, 2.75) is 45.7 Å². The Hall–Kier alpha value is -2.17. The average Bonchev–Trinajstić information content (AvgIpc) is 3.24. The molecular formula is C21H32IN7O. The van der Waals surface area contributed by atoms with Crippen molar-refractivity contribution in [2.75, 3.05) is 26.7 Å². The van der Waals surface area contributed by atoms with Gasteiger partial charge in [-0.1, -0.05) is 19.1 Å². The monoisotopic (exact) mass is 525 g/mol. The summed E-state index contributed by atoms with van der Waals surface area (Å²) in [5.74, 6) is 1.86. The summed E-state index contributed by atoms with van der Waals surface area (Å²) < 4.78 is 2.04. The van der Waals surface area contributed by atoms with E-state index in [0.29, 0.717) is 6.54 Å². The van der Waals surface area contributed by atoms with Crippen molar-refractivity contribution in [2.24, 2.45) is 4.99 Å². The standard InChI is InChI=1S/C21H31N7O.HI/c1-3-19-26-25-16-28(19)14-11-23-21(22-2)24-15-17-7-9-18(10-8-17)20(29)27-12-5-4-6-13-27;/h7-10,16H,3-6,11-15H2,1-2H3,(H2,22,23,24);1H. The summed E-state index contributed by atoms with van der Waals surface area (Å²) >= 11 is 0. The minimum absolute atomic E-state index is 0. The Kier molecular flexibility index (Phi) is 10.0. The van der Waals surface area contributed by atoms with Crippen molar-refractivity contribution < 1.29 is 4.79 Å². The van der Waals surface area contributed by atoms with Crippen LogP contribution in [0.3, 0.4) is 0 Å². The zero-order valence-electron chi connectivity index (χ0n) is 17.8. The van der Waals surface area contributed by atoms with Crippen LogP contribution in [0.1, 0.15) is 47.9 Å². The highest BCUT2D eigenvalue weighted by molar-refractivity contribution is 14.0. The molecule has 1 amide bonds. The van der Waals surface area contributed by atoms with Crippen molar-refractivity contribution in [3.8, 4) is 0 Å². The number of aryl methyl sites for hydroxylation is 1. The molecular weight excluding hydrogens is 493 g/mol. The van der Waals surface area contributed by atoms with Gasteiger partial charge in [-0.05, 0) is 37.0 Å². The fraction of sp³-hybridized carbons (Fsp3) is 0.524. The van der Waals surface area contributed by atoms with Gasteiger partial charge < -0.3 is 20.1 Å². The minimum atomic E-state index is 0. The number of amides is 1. The molecule has 2 N–H and O–H groups in total. The van der Waals surface area contributed by atoms with Gasteiger partial charge in [0.25, 0.3) is 5.91 Å². The highest BCUT2D eigenvalue weighted by Crippen LogP contribution is 2.13. The largest absolute Gasteiger partial charge is 0.355 e. The third-order valence-electron chi connectivity index (χ3n) is 5.18. The second kappa shape index (κ2) is 12.5. The Bertz CT molecular complexity index is 813. The summed E-state index contributed by atoms with van der Waals surface area (Å²) in [5, 5.41) is 14.7. The van der Waals surface area contributed by atoms with Crippen LogP contribution in [-0.4, -0.2) is 58.2 Å². The predicted octanol–water partition coefficient (Wildman–Crippen LogP) is 2.45. The molecule has 0 spiro atoms. The van der Waals surface area contributed by atoms with Crippen LogP contribution in [-0.2, 0) is 19.5 Å².